The van der Waals surface area contributed by atoms with Crippen molar-refractivity contribution in [3.05, 3.63) is 35.9 Å². The van der Waals surface area contributed by atoms with E-state index in [0.717, 1.165) is 18.7 Å². The van der Waals surface area contributed by atoms with E-state index in [1.54, 1.807) is 4.90 Å². The monoisotopic (exact) mass is 345 g/mol. The Kier molecular flexibility index (Phi) is 7.92. The van der Waals surface area contributed by atoms with Crippen LogP contribution in [-0.4, -0.2) is 42.9 Å². The van der Waals surface area contributed by atoms with Crippen LogP contribution in [-0.2, 0) is 16.1 Å². The molecule has 2 N–H and O–H groups in total. The lowest BCUT2D eigenvalue weighted by Gasteiger charge is -2.28. The van der Waals surface area contributed by atoms with Crippen molar-refractivity contribution >= 4 is 11.8 Å². The first-order valence-electron chi connectivity index (χ1n) is 9.39. The van der Waals surface area contributed by atoms with Crippen LogP contribution >= 0.6 is 0 Å². The van der Waals surface area contributed by atoms with Crippen LogP contribution in [0.15, 0.2) is 30.3 Å². The van der Waals surface area contributed by atoms with Gasteiger partial charge in [-0.1, -0.05) is 37.3 Å². The molecule has 0 aromatic heterocycles. The summed E-state index contributed by atoms with van der Waals surface area (Å²) in [7, 11) is 0. The minimum Gasteiger partial charge on any atom is -0.347 e. The molecule has 1 aliphatic rings. The average molecular weight is 345 g/mol. The van der Waals surface area contributed by atoms with E-state index < -0.39 is 0 Å². The van der Waals surface area contributed by atoms with Gasteiger partial charge in [0.05, 0.1) is 6.54 Å². The SMILES string of the molecule is CCN(Cc1ccccc1)C(=O)CNC(=O)CC(C)C1CCCNC1. The number of hydrogen-bond donors (Lipinski definition) is 2. The van der Waals surface area contributed by atoms with Crippen molar-refractivity contribution < 1.29 is 9.59 Å². The van der Waals surface area contributed by atoms with Crippen LogP contribution in [0.25, 0.3) is 0 Å². The molecule has 0 bridgehead atoms. The maximum atomic E-state index is 12.4. The third-order valence-electron chi connectivity index (χ3n) is 5.03. The van der Waals surface area contributed by atoms with Gasteiger partial charge in [-0.25, -0.2) is 0 Å². The van der Waals surface area contributed by atoms with Gasteiger partial charge in [0.15, 0.2) is 0 Å². The first-order valence-corrected chi connectivity index (χ1v) is 9.39. The van der Waals surface area contributed by atoms with Gasteiger partial charge in [0, 0.05) is 19.5 Å². The molecule has 2 amide bonds. The van der Waals surface area contributed by atoms with Crippen LogP contribution < -0.4 is 10.6 Å². The van der Waals surface area contributed by atoms with Crippen molar-refractivity contribution in [2.75, 3.05) is 26.2 Å². The highest BCUT2D eigenvalue weighted by atomic mass is 16.2. The van der Waals surface area contributed by atoms with E-state index in [1.165, 1.54) is 12.8 Å². The quantitative estimate of drug-likeness (QED) is 0.759. The number of likely N-dealkylation sites (N-methyl/N-ethyl adjacent to an activating group) is 1. The molecule has 2 rings (SSSR count). The maximum absolute atomic E-state index is 12.4. The van der Waals surface area contributed by atoms with Crippen LogP contribution in [0, 0.1) is 11.8 Å². The fourth-order valence-electron chi connectivity index (χ4n) is 3.36. The zero-order chi connectivity index (χ0) is 18.1. The largest absolute Gasteiger partial charge is 0.347 e. The fraction of sp³-hybridized carbons (Fsp3) is 0.600. The summed E-state index contributed by atoms with van der Waals surface area (Å²) in [4.78, 5) is 26.3. The molecular weight excluding hydrogens is 314 g/mol. The zero-order valence-corrected chi connectivity index (χ0v) is 15.5. The van der Waals surface area contributed by atoms with Crippen LogP contribution in [0.2, 0.25) is 0 Å². The minimum atomic E-state index is -0.0355. The van der Waals surface area contributed by atoms with Gasteiger partial charge >= 0.3 is 0 Å². The molecule has 0 radical (unpaired) electrons. The van der Waals surface area contributed by atoms with E-state index in [-0.39, 0.29) is 18.4 Å². The maximum Gasteiger partial charge on any atom is 0.242 e. The molecule has 138 valence electrons. The summed E-state index contributed by atoms with van der Waals surface area (Å²) < 4.78 is 0. The van der Waals surface area contributed by atoms with Crippen LogP contribution in [0.4, 0.5) is 0 Å². The number of piperidine rings is 1. The predicted molar refractivity (Wildman–Crippen MR) is 99.9 cm³/mol. The number of hydrogen-bond acceptors (Lipinski definition) is 3. The van der Waals surface area contributed by atoms with Crippen molar-refractivity contribution in [2.45, 2.75) is 39.7 Å². The molecule has 1 aromatic carbocycles. The number of rotatable bonds is 8. The second kappa shape index (κ2) is 10.2. The molecule has 5 heteroatoms. The third-order valence-corrected chi connectivity index (χ3v) is 5.03. The molecule has 0 aliphatic carbocycles. The Morgan fingerprint density at radius 2 is 2.08 bits per heavy atom. The second-order valence-electron chi connectivity index (χ2n) is 6.96. The third kappa shape index (κ3) is 6.50. The first kappa shape index (κ1) is 19.4. The van der Waals surface area contributed by atoms with Gasteiger partial charge < -0.3 is 15.5 Å². The number of benzene rings is 1. The summed E-state index contributed by atoms with van der Waals surface area (Å²) in [5, 5.41) is 6.19. The van der Waals surface area contributed by atoms with Crippen LogP contribution in [0.5, 0.6) is 0 Å². The lowest BCUT2D eigenvalue weighted by molar-refractivity contribution is -0.133. The molecular formula is C20H31N3O2. The lowest BCUT2D eigenvalue weighted by Crippen LogP contribution is -2.41. The smallest absolute Gasteiger partial charge is 0.242 e. The van der Waals surface area contributed by atoms with E-state index in [9.17, 15) is 9.59 Å². The predicted octanol–water partition coefficient (Wildman–Crippen LogP) is 2.18. The highest BCUT2D eigenvalue weighted by molar-refractivity contribution is 5.84. The lowest BCUT2D eigenvalue weighted by atomic mass is 9.85. The number of carbonyl (C=O) groups excluding carboxylic acids is 2. The standard InChI is InChI=1S/C20H31N3O2/c1-3-23(15-17-8-5-4-6-9-17)20(25)14-22-19(24)12-16(2)18-10-7-11-21-13-18/h4-6,8-9,16,18,21H,3,7,10-15H2,1-2H3,(H,22,24). The van der Waals surface area contributed by atoms with Gasteiger partial charge in [-0.3, -0.25) is 9.59 Å². The Labute approximate surface area is 151 Å². The van der Waals surface area contributed by atoms with E-state index in [1.807, 2.05) is 37.3 Å². The van der Waals surface area contributed by atoms with Crippen molar-refractivity contribution in [1.82, 2.24) is 15.5 Å². The van der Waals surface area contributed by atoms with Crippen LogP contribution in [0.1, 0.15) is 38.7 Å². The molecule has 0 spiro atoms. The van der Waals surface area contributed by atoms with E-state index in [4.69, 9.17) is 0 Å². The number of carbonyl (C=O) groups is 2. The van der Waals surface area contributed by atoms with Crippen molar-refractivity contribution in [3.8, 4) is 0 Å². The van der Waals surface area contributed by atoms with Crippen molar-refractivity contribution in [1.29, 1.82) is 0 Å². The second-order valence-corrected chi connectivity index (χ2v) is 6.96. The Morgan fingerprint density at radius 1 is 1.32 bits per heavy atom. The fourth-order valence-corrected chi connectivity index (χ4v) is 3.36. The van der Waals surface area contributed by atoms with Crippen molar-refractivity contribution in [3.63, 3.8) is 0 Å². The number of amides is 2. The Morgan fingerprint density at radius 3 is 2.72 bits per heavy atom. The summed E-state index contributed by atoms with van der Waals surface area (Å²) in [6.45, 7) is 7.46. The zero-order valence-electron chi connectivity index (χ0n) is 15.5. The normalized spacial score (nSPS) is 18.4. The Bertz CT molecular complexity index is 541. The molecule has 5 nitrogen and oxygen atoms in total. The Hall–Kier alpha value is -1.88. The summed E-state index contributed by atoms with van der Waals surface area (Å²) in [6, 6.07) is 9.92. The van der Waals surface area contributed by atoms with Gasteiger partial charge in [0.2, 0.25) is 11.8 Å². The molecule has 1 aliphatic heterocycles. The molecule has 1 saturated heterocycles. The van der Waals surface area contributed by atoms with Gasteiger partial charge in [-0.15, -0.1) is 0 Å². The molecule has 1 heterocycles. The van der Waals surface area contributed by atoms with Crippen molar-refractivity contribution in [2.24, 2.45) is 11.8 Å². The van der Waals surface area contributed by atoms with E-state index >= 15 is 0 Å². The van der Waals surface area contributed by atoms with Gasteiger partial charge in [0.25, 0.3) is 0 Å². The molecule has 25 heavy (non-hydrogen) atoms. The summed E-state index contributed by atoms with van der Waals surface area (Å²) >= 11 is 0. The average Bonchev–Trinajstić information content (AvgIpc) is 2.65. The summed E-state index contributed by atoms with van der Waals surface area (Å²) in [5.74, 6) is 0.837. The topological polar surface area (TPSA) is 61.4 Å². The molecule has 2 atom stereocenters. The highest BCUT2D eigenvalue weighted by Gasteiger charge is 2.22. The van der Waals surface area contributed by atoms with Gasteiger partial charge in [0.1, 0.15) is 0 Å². The molecule has 1 fully saturated rings. The summed E-state index contributed by atoms with van der Waals surface area (Å²) in [5.41, 5.74) is 1.10. The highest BCUT2D eigenvalue weighted by Crippen LogP contribution is 2.22. The molecule has 0 saturated carbocycles. The van der Waals surface area contributed by atoms with E-state index in [2.05, 4.69) is 17.6 Å². The van der Waals surface area contributed by atoms with Gasteiger partial charge in [-0.2, -0.15) is 0 Å². The summed E-state index contributed by atoms with van der Waals surface area (Å²) in [6.07, 6.45) is 2.85. The molecule has 1 aromatic rings. The first-order chi connectivity index (χ1) is 12.1. The number of nitrogens with zero attached hydrogens (tertiary/aromatic N) is 1. The van der Waals surface area contributed by atoms with Crippen LogP contribution in [0.3, 0.4) is 0 Å². The van der Waals surface area contributed by atoms with E-state index in [0.29, 0.717) is 31.3 Å². The van der Waals surface area contributed by atoms with Gasteiger partial charge in [-0.05, 0) is 50.3 Å². The molecule has 2 unspecified atom stereocenters. The Balaban J connectivity index is 1.74. The number of nitrogens with one attached hydrogen (secondary N) is 2. The minimum absolute atomic E-state index is 0.0258.